The van der Waals surface area contributed by atoms with E-state index in [0.29, 0.717) is 10.7 Å². The molecule has 0 saturated heterocycles. The van der Waals surface area contributed by atoms with Crippen molar-refractivity contribution in [2.24, 2.45) is 0 Å². The van der Waals surface area contributed by atoms with Gasteiger partial charge in [-0.3, -0.25) is 0 Å². The molecule has 1 aromatic rings. The van der Waals surface area contributed by atoms with Crippen LogP contribution in [0.3, 0.4) is 0 Å². The molecule has 0 spiro atoms. The van der Waals surface area contributed by atoms with Crippen molar-refractivity contribution in [2.45, 2.75) is 26.4 Å². The Labute approximate surface area is 122 Å². The van der Waals surface area contributed by atoms with Crippen LogP contribution in [0.2, 0.25) is 0 Å². The van der Waals surface area contributed by atoms with E-state index in [2.05, 4.69) is 15.6 Å². The van der Waals surface area contributed by atoms with Gasteiger partial charge in [0.1, 0.15) is 9.88 Å². The summed E-state index contributed by atoms with van der Waals surface area (Å²) in [6, 6.07) is -0.262. The van der Waals surface area contributed by atoms with E-state index in [1.807, 2.05) is 25.9 Å². The first-order valence-corrected chi connectivity index (χ1v) is 7.00. The van der Waals surface area contributed by atoms with Crippen LogP contribution in [0.15, 0.2) is 0 Å². The number of aromatic nitrogens is 1. The van der Waals surface area contributed by atoms with Crippen LogP contribution in [0.1, 0.15) is 27.3 Å². The van der Waals surface area contributed by atoms with Crippen molar-refractivity contribution in [3.63, 3.8) is 0 Å². The first-order chi connectivity index (χ1) is 9.29. The number of carboxylic acid groups (broad SMARTS) is 1. The number of hydrogen-bond acceptors (Lipinski definition) is 5. The smallest absolute Gasteiger partial charge is 0.347 e. The number of carbonyl (C=O) groups excluding carboxylic acids is 1. The Hall–Kier alpha value is -1.67. The number of urea groups is 1. The number of thiazole rings is 1. The molecule has 0 radical (unpaired) electrons. The lowest BCUT2D eigenvalue weighted by atomic mass is 10.3. The molecular weight excluding hydrogens is 280 g/mol. The van der Waals surface area contributed by atoms with Crippen LogP contribution in [-0.2, 0) is 6.54 Å². The lowest BCUT2D eigenvalue weighted by Crippen LogP contribution is -2.44. The molecule has 1 aromatic heterocycles. The number of nitrogens with zero attached hydrogens (tertiary/aromatic N) is 2. The van der Waals surface area contributed by atoms with Crippen molar-refractivity contribution >= 4 is 23.3 Å². The fraction of sp³-hybridized carbons (Fsp3) is 0.583. The van der Waals surface area contributed by atoms with Gasteiger partial charge in [0.2, 0.25) is 0 Å². The second-order valence-corrected chi connectivity index (χ2v) is 5.90. The average molecular weight is 300 g/mol. The second-order valence-electron chi connectivity index (χ2n) is 4.82. The van der Waals surface area contributed by atoms with Crippen LogP contribution in [0.5, 0.6) is 0 Å². The number of likely N-dealkylation sites (N-methyl/N-ethyl adjacent to an activating group) is 1. The summed E-state index contributed by atoms with van der Waals surface area (Å²) in [6.45, 7) is 4.52. The third-order valence-corrected chi connectivity index (χ3v) is 3.60. The highest BCUT2D eigenvalue weighted by Crippen LogP contribution is 2.17. The molecule has 0 saturated carbocycles. The van der Waals surface area contributed by atoms with E-state index in [0.717, 1.165) is 17.9 Å². The van der Waals surface area contributed by atoms with E-state index >= 15 is 0 Å². The maximum atomic E-state index is 11.7. The van der Waals surface area contributed by atoms with Gasteiger partial charge in [0.15, 0.2) is 0 Å². The van der Waals surface area contributed by atoms with Gasteiger partial charge in [-0.1, -0.05) is 0 Å². The summed E-state index contributed by atoms with van der Waals surface area (Å²) in [5, 5.41) is 15.0. The summed E-state index contributed by atoms with van der Waals surface area (Å²) in [4.78, 5) is 28.9. The van der Waals surface area contributed by atoms with Crippen molar-refractivity contribution in [1.82, 2.24) is 20.5 Å². The third-order valence-electron chi connectivity index (χ3n) is 2.45. The molecule has 1 atom stereocenters. The Morgan fingerprint density at radius 2 is 2.10 bits per heavy atom. The fourth-order valence-corrected chi connectivity index (χ4v) is 2.59. The highest BCUT2D eigenvalue weighted by molar-refractivity contribution is 7.13. The van der Waals surface area contributed by atoms with Gasteiger partial charge in [-0.05, 0) is 27.9 Å². The molecule has 2 amide bonds. The van der Waals surface area contributed by atoms with Crippen LogP contribution in [0.4, 0.5) is 4.79 Å². The highest BCUT2D eigenvalue weighted by atomic mass is 32.1. The number of amides is 2. The molecule has 0 aliphatic rings. The van der Waals surface area contributed by atoms with Gasteiger partial charge in [0, 0.05) is 12.6 Å². The molecule has 7 nitrogen and oxygen atoms in total. The van der Waals surface area contributed by atoms with Crippen LogP contribution in [0, 0.1) is 6.92 Å². The Kier molecular flexibility index (Phi) is 5.90. The summed E-state index contributed by atoms with van der Waals surface area (Å²) in [6.07, 6.45) is 0. The van der Waals surface area contributed by atoms with Gasteiger partial charge in [0.25, 0.3) is 0 Å². The van der Waals surface area contributed by atoms with E-state index in [-0.39, 0.29) is 23.5 Å². The molecule has 1 unspecified atom stereocenters. The molecule has 20 heavy (non-hydrogen) atoms. The number of aromatic carboxylic acids is 1. The van der Waals surface area contributed by atoms with Crippen molar-refractivity contribution < 1.29 is 14.7 Å². The normalized spacial score (nSPS) is 12.2. The molecular formula is C12H20N4O3S. The van der Waals surface area contributed by atoms with Gasteiger partial charge in [-0.2, -0.15) is 0 Å². The van der Waals surface area contributed by atoms with Crippen molar-refractivity contribution in [3.05, 3.63) is 15.6 Å². The van der Waals surface area contributed by atoms with Crippen molar-refractivity contribution in [3.8, 4) is 0 Å². The van der Waals surface area contributed by atoms with Crippen LogP contribution in [0.25, 0.3) is 0 Å². The third kappa shape index (κ3) is 5.14. The maximum absolute atomic E-state index is 11.7. The Morgan fingerprint density at radius 3 is 2.60 bits per heavy atom. The molecule has 0 aliphatic heterocycles. The molecule has 8 heteroatoms. The van der Waals surface area contributed by atoms with E-state index in [4.69, 9.17) is 5.11 Å². The van der Waals surface area contributed by atoms with E-state index < -0.39 is 5.97 Å². The molecule has 112 valence electrons. The minimum atomic E-state index is -0.990. The number of aryl methyl sites for hydroxylation is 1. The Balaban J connectivity index is 2.45. The van der Waals surface area contributed by atoms with Crippen molar-refractivity contribution in [2.75, 3.05) is 20.6 Å². The predicted molar refractivity (Wildman–Crippen MR) is 77.2 cm³/mol. The first kappa shape index (κ1) is 16.4. The predicted octanol–water partition coefficient (Wildman–Crippen LogP) is 0.899. The van der Waals surface area contributed by atoms with Gasteiger partial charge in [-0.15, -0.1) is 11.3 Å². The number of carboxylic acids is 1. The van der Waals surface area contributed by atoms with E-state index in [9.17, 15) is 9.59 Å². The number of hydrogen-bond donors (Lipinski definition) is 3. The molecule has 0 aliphatic carbocycles. The molecule has 1 rings (SSSR count). The van der Waals surface area contributed by atoms with Gasteiger partial charge < -0.3 is 20.6 Å². The van der Waals surface area contributed by atoms with Crippen LogP contribution >= 0.6 is 11.3 Å². The van der Waals surface area contributed by atoms with E-state index in [1.54, 1.807) is 6.92 Å². The summed E-state index contributed by atoms with van der Waals surface area (Å²) in [5.41, 5.74) is 0.473. The molecule has 0 bridgehead atoms. The first-order valence-electron chi connectivity index (χ1n) is 6.18. The minimum absolute atomic E-state index is 0.0256. The average Bonchev–Trinajstić information content (AvgIpc) is 2.66. The van der Waals surface area contributed by atoms with Gasteiger partial charge >= 0.3 is 12.0 Å². The fourth-order valence-electron chi connectivity index (χ4n) is 1.75. The molecule has 1 heterocycles. The monoisotopic (exact) mass is 300 g/mol. The second kappa shape index (κ2) is 7.20. The summed E-state index contributed by atoms with van der Waals surface area (Å²) < 4.78 is 0. The summed E-state index contributed by atoms with van der Waals surface area (Å²) in [5.74, 6) is -0.990. The molecule has 3 N–H and O–H groups in total. The van der Waals surface area contributed by atoms with Crippen LogP contribution in [-0.4, -0.2) is 53.7 Å². The van der Waals surface area contributed by atoms with E-state index in [1.165, 1.54) is 0 Å². The number of nitrogens with one attached hydrogen (secondary N) is 2. The minimum Gasteiger partial charge on any atom is -0.477 e. The van der Waals surface area contributed by atoms with Crippen molar-refractivity contribution in [1.29, 1.82) is 0 Å². The SMILES string of the molecule is Cc1nc(CNC(=O)NC(C)CN(C)C)sc1C(=O)O. The number of rotatable bonds is 6. The largest absolute Gasteiger partial charge is 0.477 e. The number of carbonyl (C=O) groups is 2. The van der Waals surface area contributed by atoms with Gasteiger partial charge in [0.05, 0.1) is 12.2 Å². The lowest BCUT2D eigenvalue weighted by molar-refractivity contribution is 0.0701. The lowest BCUT2D eigenvalue weighted by Gasteiger charge is -2.18. The molecule has 0 fully saturated rings. The Morgan fingerprint density at radius 1 is 1.45 bits per heavy atom. The summed E-state index contributed by atoms with van der Waals surface area (Å²) in [7, 11) is 3.86. The topological polar surface area (TPSA) is 94.6 Å². The molecule has 0 aromatic carbocycles. The summed E-state index contributed by atoms with van der Waals surface area (Å²) >= 11 is 1.08. The maximum Gasteiger partial charge on any atom is 0.347 e. The Bertz CT molecular complexity index is 487. The zero-order valence-corrected chi connectivity index (χ0v) is 12.9. The zero-order valence-electron chi connectivity index (χ0n) is 12.1. The zero-order chi connectivity index (χ0) is 15.3. The van der Waals surface area contributed by atoms with Crippen LogP contribution < -0.4 is 10.6 Å². The standard InChI is InChI=1S/C12H20N4O3S/c1-7(6-16(3)4)14-12(19)13-5-9-15-8(2)10(20-9)11(17)18/h7H,5-6H2,1-4H3,(H,17,18)(H2,13,14,19). The highest BCUT2D eigenvalue weighted by Gasteiger charge is 2.14. The quantitative estimate of drug-likeness (QED) is 0.725. The van der Waals surface area contributed by atoms with Gasteiger partial charge in [-0.25, -0.2) is 14.6 Å².